The summed E-state index contributed by atoms with van der Waals surface area (Å²) in [6, 6.07) is 8.55. The molecule has 0 atom stereocenters. The Bertz CT molecular complexity index is 1280. The fourth-order valence-corrected chi connectivity index (χ4v) is 4.28. The number of hydrazone groups is 1. The van der Waals surface area contributed by atoms with E-state index in [1.54, 1.807) is 0 Å². The molecule has 0 radical (unpaired) electrons. The number of hydrogen-bond donors (Lipinski definition) is 3. The van der Waals surface area contributed by atoms with Gasteiger partial charge in [0.1, 0.15) is 0 Å². The number of phenols is 1. The molecular weight excluding hydrogens is 588 g/mol. The molecule has 12 nitrogen and oxygen atoms in total. The second kappa shape index (κ2) is 10.9. The minimum Gasteiger partial charge on any atom is -0.502 e. The normalized spacial score (nSPS) is 13.7. The van der Waals surface area contributed by atoms with E-state index < -0.39 is 16.4 Å². The summed E-state index contributed by atoms with van der Waals surface area (Å²) in [4.78, 5) is 25.8. The summed E-state index contributed by atoms with van der Waals surface area (Å²) in [5, 5.41) is 28.6. The van der Waals surface area contributed by atoms with Gasteiger partial charge >= 0.3 is 5.69 Å². The van der Waals surface area contributed by atoms with Gasteiger partial charge in [0, 0.05) is 33.7 Å². The molecule has 14 heteroatoms. The van der Waals surface area contributed by atoms with Gasteiger partial charge in [0.15, 0.2) is 0 Å². The van der Waals surface area contributed by atoms with Crippen molar-refractivity contribution in [2.75, 3.05) is 41.9 Å². The first-order valence-electron chi connectivity index (χ1n) is 10.4. The Morgan fingerprint density at radius 2 is 1.91 bits per heavy atom. The summed E-state index contributed by atoms with van der Waals surface area (Å²) < 4.78 is 6.69. The third-order valence-corrected chi connectivity index (χ3v) is 6.05. The van der Waals surface area contributed by atoms with Crippen molar-refractivity contribution < 1.29 is 14.8 Å². The Kier molecular flexibility index (Phi) is 7.73. The van der Waals surface area contributed by atoms with Gasteiger partial charge in [0.05, 0.1) is 30.0 Å². The van der Waals surface area contributed by atoms with Crippen molar-refractivity contribution in [3.05, 3.63) is 60.5 Å². The van der Waals surface area contributed by atoms with Gasteiger partial charge in [-0.05, 0) is 46.6 Å². The van der Waals surface area contributed by atoms with Crippen LogP contribution in [0.3, 0.4) is 0 Å². The van der Waals surface area contributed by atoms with E-state index in [0.717, 1.165) is 15.7 Å². The summed E-state index contributed by atoms with van der Waals surface area (Å²) in [5.74, 6) is 0.379. The molecule has 0 spiro atoms. The van der Waals surface area contributed by atoms with Gasteiger partial charge in [-0.2, -0.15) is 20.1 Å². The third-order valence-electron chi connectivity index (χ3n) is 4.94. The molecule has 1 saturated heterocycles. The fraction of sp³-hybridized carbons (Fsp3) is 0.238. The largest absolute Gasteiger partial charge is 0.502 e. The Morgan fingerprint density at radius 3 is 2.63 bits per heavy atom. The molecule has 4 rings (SSSR count). The summed E-state index contributed by atoms with van der Waals surface area (Å²) in [5.41, 5.74) is 4.29. The van der Waals surface area contributed by atoms with Crippen molar-refractivity contribution in [1.29, 1.82) is 0 Å². The highest BCUT2D eigenvalue weighted by Crippen LogP contribution is 2.32. The van der Waals surface area contributed by atoms with E-state index >= 15 is 0 Å². The molecule has 1 aliphatic rings. The van der Waals surface area contributed by atoms with Crippen molar-refractivity contribution in [2.24, 2.45) is 5.10 Å². The number of nitro benzene ring substituents is 1. The SMILES string of the molecule is Cc1ccc(Nc2nc(N/N=C\c3cc(Br)cc([N+](=O)[O-])c3O)nc(N3CCOCC3)n2)c(Br)c1. The molecule has 0 amide bonds. The maximum absolute atomic E-state index is 11.2. The van der Waals surface area contributed by atoms with E-state index in [4.69, 9.17) is 4.74 Å². The number of ether oxygens (including phenoxy) is 1. The zero-order valence-corrected chi connectivity index (χ0v) is 21.6. The number of nitro groups is 1. The highest BCUT2D eigenvalue weighted by Gasteiger charge is 2.19. The van der Waals surface area contributed by atoms with Crippen LogP contribution < -0.4 is 15.6 Å². The summed E-state index contributed by atoms with van der Waals surface area (Å²) >= 11 is 6.74. The average molecular weight is 608 g/mol. The van der Waals surface area contributed by atoms with Gasteiger partial charge in [-0.3, -0.25) is 10.1 Å². The van der Waals surface area contributed by atoms with E-state index in [0.29, 0.717) is 42.7 Å². The van der Waals surface area contributed by atoms with Crippen molar-refractivity contribution >= 4 is 67.3 Å². The molecule has 35 heavy (non-hydrogen) atoms. The summed E-state index contributed by atoms with van der Waals surface area (Å²) in [6.07, 6.45) is 1.24. The Labute approximate surface area is 216 Å². The smallest absolute Gasteiger partial charge is 0.312 e. The van der Waals surface area contributed by atoms with Gasteiger partial charge in [-0.25, -0.2) is 5.43 Å². The number of aryl methyl sites for hydroxylation is 1. The second-order valence-electron chi connectivity index (χ2n) is 7.48. The first-order valence-corrected chi connectivity index (χ1v) is 12.0. The molecule has 3 aromatic rings. The van der Waals surface area contributed by atoms with E-state index in [9.17, 15) is 15.2 Å². The monoisotopic (exact) mass is 606 g/mol. The topological polar surface area (TPSA) is 151 Å². The maximum atomic E-state index is 11.2. The molecule has 0 unspecified atom stereocenters. The molecular formula is C21H20Br2N8O4. The average Bonchev–Trinajstić information content (AvgIpc) is 2.83. The summed E-state index contributed by atoms with van der Waals surface area (Å²) in [7, 11) is 0. The number of nitrogens with zero attached hydrogens (tertiary/aromatic N) is 6. The lowest BCUT2D eigenvalue weighted by atomic mass is 10.2. The molecule has 3 N–H and O–H groups in total. The van der Waals surface area contributed by atoms with Gasteiger partial charge in [-0.15, -0.1) is 0 Å². The quantitative estimate of drug-likeness (QED) is 0.201. The van der Waals surface area contributed by atoms with E-state index in [-0.39, 0.29) is 11.5 Å². The number of phenolic OH excluding ortho intramolecular Hbond substituents is 1. The molecule has 182 valence electrons. The predicted octanol–water partition coefficient (Wildman–Crippen LogP) is 4.35. The molecule has 1 aliphatic heterocycles. The summed E-state index contributed by atoms with van der Waals surface area (Å²) in [6.45, 7) is 4.34. The van der Waals surface area contributed by atoms with E-state index in [2.05, 4.69) is 62.7 Å². The van der Waals surface area contributed by atoms with Crippen LogP contribution in [0.4, 0.5) is 29.2 Å². The zero-order valence-electron chi connectivity index (χ0n) is 18.4. The van der Waals surface area contributed by atoms with Gasteiger partial charge in [-0.1, -0.05) is 22.0 Å². The Hall–Kier alpha value is -3.36. The number of hydrogen-bond acceptors (Lipinski definition) is 11. The maximum Gasteiger partial charge on any atom is 0.312 e. The van der Waals surface area contributed by atoms with Crippen LogP contribution in [-0.2, 0) is 4.74 Å². The number of aromatic hydroxyl groups is 1. The Morgan fingerprint density at radius 1 is 1.17 bits per heavy atom. The van der Waals surface area contributed by atoms with Crippen molar-refractivity contribution in [1.82, 2.24) is 15.0 Å². The minimum atomic E-state index is -0.674. The highest BCUT2D eigenvalue weighted by molar-refractivity contribution is 9.10. The molecule has 2 heterocycles. The lowest BCUT2D eigenvalue weighted by Gasteiger charge is -2.27. The van der Waals surface area contributed by atoms with Crippen LogP contribution in [0.5, 0.6) is 5.75 Å². The number of halogens is 2. The minimum absolute atomic E-state index is 0.142. The molecule has 1 aromatic heterocycles. The van der Waals surface area contributed by atoms with Gasteiger partial charge in [0.2, 0.25) is 23.6 Å². The molecule has 0 aliphatic carbocycles. The highest BCUT2D eigenvalue weighted by atomic mass is 79.9. The van der Waals surface area contributed by atoms with Gasteiger partial charge in [0.25, 0.3) is 0 Å². The number of nitrogens with one attached hydrogen (secondary N) is 2. The number of aromatic nitrogens is 3. The van der Waals surface area contributed by atoms with Crippen LogP contribution >= 0.6 is 31.9 Å². The molecule has 1 fully saturated rings. The van der Waals surface area contributed by atoms with Gasteiger partial charge < -0.3 is 20.1 Å². The van der Waals surface area contributed by atoms with Crippen molar-refractivity contribution in [2.45, 2.75) is 6.92 Å². The van der Waals surface area contributed by atoms with E-state index in [1.165, 1.54) is 18.3 Å². The zero-order chi connectivity index (χ0) is 24.9. The predicted molar refractivity (Wildman–Crippen MR) is 139 cm³/mol. The van der Waals surface area contributed by atoms with Crippen LogP contribution in [0.2, 0.25) is 0 Å². The first kappa shape index (κ1) is 24.8. The third kappa shape index (κ3) is 6.21. The van der Waals surface area contributed by atoms with Crippen LogP contribution in [-0.4, -0.2) is 57.5 Å². The molecule has 0 bridgehead atoms. The number of anilines is 4. The van der Waals surface area contributed by atoms with Crippen LogP contribution in [0, 0.1) is 17.0 Å². The number of benzene rings is 2. The van der Waals surface area contributed by atoms with Crippen LogP contribution in [0.1, 0.15) is 11.1 Å². The fourth-order valence-electron chi connectivity index (χ4n) is 3.22. The van der Waals surface area contributed by atoms with Crippen molar-refractivity contribution in [3.8, 4) is 5.75 Å². The lowest BCUT2D eigenvalue weighted by molar-refractivity contribution is -0.385. The lowest BCUT2D eigenvalue weighted by Crippen LogP contribution is -2.37. The van der Waals surface area contributed by atoms with E-state index in [1.807, 2.05) is 30.0 Å². The Balaban J connectivity index is 1.62. The first-order chi connectivity index (χ1) is 16.8. The van der Waals surface area contributed by atoms with Crippen molar-refractivity contribution in [3.63, 3.8) is 0 Å². The van der Waals surface area contributed by atoms with Crippen LogP contribution in [0.25, 0.3) is 0 Å². The molecule has 0 saturated carbocycles. The molecule has 2 aromatic carbocycles. The second-order valence-corrected chi connectivity index (χ2v) is 9.25. The van der Waals surface area contributed by atoms with Crippen LogP contribution in [0.15, 0.2) is 44.4 Å². The number of morpholine rings is 1. The standard InChI is InChI=1S/C21H20Br2N8O4/c1-12-2-3-16(15(23)8-12)25-19-26-20(28-21(27-19)30-4-6-35-7-5-30)29-24-11-13-9-14(22)10-17(18(13)32)31(33)34/h2-3,8-11,32H,4-7H2,1H3,(H2,25,26,27,28,29)/b24-11-. The number of rotatable bonds is 7.